The van der Waals surface area contributed by atoms with Crippen LogP contribution in [0.3, 0.4) is 0 Å². The summed E-state index contributed by atoms with van der Waals surface area (Å²) in [6.45, 7) is 11.7. The summed E-state index contributed by atoms with van der Waals surface area (Å²) in [5.41, 5.74) is 3.16. The van der Waals surface area contributed by atoms with Crippen LogP contribution in [0.15, 0.2) is 59.8 Å². The zero-order chi connectivity index (χ0) is 64.7. The van der Waals surface area contributed by atoms with Crippen LogP contribution in [0.1, 0.15) is 510 Å². The summed E-state index contributed by atoms with van der Waals surface area (Å²) in [7, 11) is 0. The van der Waals surface area contributed by atoms with Crippen LogP contribution in [-0.2, 0) is 0 Å². The van der Waals surface area contributed by atoms with E-state index in [0.29, 0.717) is 5.92 Å². The fraction of sp³-hybridized carbons (Fsp3) is 0.889. The lowest BCUT2D eigenvalue weighted by Crippen LogP contribution is -2.03. The van der Waals surface area contributed by atoms with Crippen LogP contribution in [0.2, 0.25) is 0 Å². The summed E-state index contributed by atoms with van der Waals surface area (Å²) < 4.78 is 0. The lowest BCUT2D eigenvalue weighted by Gasteiger charge is -2.18. The first kappa shape index (κ1) is 88.7. The second-order valence-electron chi connectivity index (χ2n) is 29.7. The minimum absolute atomic E-state index is 0.503. The maximum absolute atomic E-state index is 2.73. The molecule has 90 heavy (non-hydrogen) atoms. The van der Waals surface area contributed by atoms with E-state index in [2.05, 4.69) is 83.2 Å². The molecule has 0 nitrogen and oxygen atoms in total. The molecule has 1 unspecified atom stereocenters. The average Bonchev–Trinajstić information content (AvgIpc) is 3.75. The van der Waals surface area contributed by atoms with Crippen molar-refractivity contribution in [3.63, 3.8) is 0 Å². The first-order valence-electron chi connectivity index (χ1n) is 43.1. The molecule has 0 aromatic carbocycles. The summed E-state index contributed by atoms with van der Waals surface area (Å²) in [5.74, 6) is 0.503. The summed E-state index contributed by atoms with van der Waals surface area (Å²) in [6, 6.07) is 0. The van der Waals surface area contributed by atoms with Gasteiger partial charge in [-0.15, -0.1) is 0 Å². The van der Waals surface area contributed by atoms with E-state index < -0.39 is 0 Å². The van der Waals surface area contributed by atoms with Crippen molar-refractivity contribution < 1.29 is 0 Å². The highest BCUT2D eigenvalue weighted by Crippen LogP contribution is 2.29. The number of hydrogen-bond acceptors (Lipinski definition) is 0. The summed E-state index contributed by atoms with van der Waals surface area (Å²) >= 11 is 0. The van der Waals surface area contributed by atoms with Gasteiger partial charge in [0, 0.05) is 5.92 Å². The van der Waals surface area contributed by atoms with Gasteiger partial charge < -0.3 is 0 Å². The number of unbranched alkanes of at least 4 members (excludes halogenated alkanes) is 68. The van der Waals surface area contributed by atoms with Gasteiger partial charge in [-0.2, -0.15) is 0 Å². The molecule has 0 saturated heterocycles. The number of hydrogen-bond donors (Lipinski definition) is 0. The molecule has 532 valence electrons. The van der Waals surface area contributed by atoms with Crippen molar-refractivity contribution in [2.24, 2.45) is 5.92 Å². The van der Waals surface area contributed by atoms with Crippen molar-refractivity contribution in [3.05, 3.63) is 59.8 Å². The minimum atomic E-state index is 0.503. The molecule has 0 aromatic heterocycles. The predicted octanol–water partition coefficient (Wildman–Crippen LogP) is 34.1. The second-order valence-corrected chi connectivity index (χ2v) is 29.7. The van der Waals surface area contributed by atoms with E-state index in [1.54, 1.807) is 5.57 Å². The largest absolute Gasteiger partial charge is 0.0879 e. The molecule has 0 fully saturated rings. The molecular weight excluding hydrogens is 1080 g/mol. The van der Waals surface area contributed by atoms with Crippen LogP contribution in [0.25, 0.3) is 0 Å². The van der Waals surface area contributed by atoms with E-state index in [1.165, 1.54) is 481 Å². The topological polar surface area (TPSA) is 0 Å². The highest BCUT2D eigenvalue weighted by Gasteiger charge is 2.13. The van der Waals surface area contributed by atoms with Gasteiger partial charge in [0.05, 0.1) is 0 Å². The average molecular weight is 1250 g/mol. The first-order valence-corrected chi connectivity index (χ1v) is 43.1. The molecule has 0 heteroatoms. The van der Waals surface area contributed by atoms with Crippen LogP contribution in [-0.4, -0.2) is 0 Å². The van der Waals surface area contributed by atoms with Crippen LogP contribution in [0.4, 0.5) is 0 Å². The van der Waals surface area contributed by atoms with Crippen LogP contribution in [0, 0.1) is 5.92 Å². The number of rotatable bonds is 79. The standard InChI is InChI=1S/C90H172/c1-6-11-16-21-26-31-36-41-46-48-52-56-61-66-71-76-81-86-89(85-80-75-70-65-60-55-51-47-42-37-32-27-22-17-12-7-2)90(87-82-77-72-67-62-57-50-44-39-34-29-24-19-14-9-4)88(83-78-73-68-63-58-53-45-40-35-30-25-20-15-10-5)84-79-74-69-64-59-54-49-43-38-33-28-23-18-13-8-3/h78,80-83,85-88H,6-77,79,84H2,1-5H3. The third-order valence-corrected chi connectivity index (χ3v) is 20.5. The number of allylic oxidation sites excluding steroid dienone is 10. The van der Waals surface area contributed by atoms with Crippen LogP contribution < -0.4 is 0 Å². The molecule has 0 aromatic rings. The molecule has 0 aliphatic rings. The van der Waals surface area contributed by atoms with Gasteiger partial charge in [0.25, 0.3) is 0 Å². The van der Waals surface area contributed by atoms with E-state index in [-0.39, 0.29) is 0 Å². The molecule has 0 bridgehead atoms. The maximum Gasteiger partial charge on any atom is 0.00237 e. The van der Waals surface area contributed by atoms with Crippen LogP contribution in [0.5, 0.6) is 0 Å². The van der Waals surface area contributed by atoms with Gasteiger partial charge in [0.15, 0.2) is 0 Å². The van der Waals surface area contributed by atoms with Crippen LogP contribution >= 0.6 is 0 Å². The van der Waals surface area contributed by atoms with Crippen molar-refractivity contribution in [1.29, 1.82) is 0 Å². The summed E-state index contributed by atoms with van der Waals surface area (Å²) in [5, 5.41) is 0. The third kappa shape index (κ3) is 72.5. The molecule has 0 aliphatic carbocycles. The zero-order valence-corrected chi connectivity index (χ0v) is 63.5. The fourth-order valence-corrected chi connectivity index (χ4v) is 14.1. The normalized spacial score (nSPS) is 12.9. The van der Waals surface area contributed by atoms with Crippen molar-refractivity contribution in [2.45, 2.75) is 510 Å². The van der Waals surface area contributed by atoms with E-state index >= 15 is 0 Å². The van der Waals surface area contributed by atoms with Gasteiger partial charge in [-0.25, -0.2) is 0 Å². The van der Waals surface area contributed by atoms with Gasteiger partial charge in [0.2, 0.25) is 0 Å². The Morgan fingerprint density at radius 1 is 0.178 bits per heavy atom. The zero-order valence-electron chi connectivity index (χ0n) is 63.5. The Balaban J connectivity index is 6.20. The molecule has 0 amide bonds. The quantitative estimate of drug-likeness (QED) is 0.0323. The van der Waals surface area contributed by atoms with Crippen molar-refractivity contribution in [1.82, 2.24) is 0 Å². The highest BCUT2D eigenvalue weighted by molar-refractivity contribution is 5.43. The summed E-state index contributed by atoms with van der Waals surface area (Å²) in [6.07, 6.45) is 126. The molecule has 0 saturated carbocycles. The molecule has 0 radical (unpaired) electrons. The maximum atomic E-state index is 2.73. The van der Waals surface area contributed by atoms with Crippen molar-refractivity contribution >= 4 is 0 Å². The Morgan fingerprint density at radius 3 is 0.556 bits per heavy atom. The van der Waals surface area contributed by atoms with E-state index in [1.807, 2.05) is 0 Å². The smallest absolute Gasteiger partial charge is 0.00237 e. The molecule has 0 rings (SSSR count). The molecular formula is C90H172. The monoisotopic (exact) mass is 1250 g/mol. The van der Waals surface area contributed by atoms with E-state index in [9.17, 15) is 0 Å². The predicted molar refractivity (Wildman–Crippen MR) is 417 cm³/mol. The first-order chi connectivity index (χ1) is 44.7. The molecule has 0 heterocycles. The molecule has 1 atom stereocenters. The van der Waals surface area contributed by atoms with Gasteiger partial charge in [-0.3, -0.25) is 0 Å². The van der Waals surface area contributed by atoms with Gasteiger partial charge in [0.1, 0.15) is 0 Å². The SMILES string of the molecule is CCCCCCCCCCCCCCC=CC(CCCCCCCCCCCCCCCCC)C(C=CCCCCCCCCCCCCCCC)=C(C=CCCCCCCCCCCCCCCCC)C=CCCCCCCCCCCCCCCCCC. The lowest BCUT2D eigenvalue weighted by molar-refractivity contribution is 0.522. The van der Waals surface area contributed by atoms with E-state index in [0.717, 1.165) is 0 Å². The molecule has 0 aliphatic heterocycles. The van der Waals surface area contributed by atoms with Crippen molar-refractivity contribution in [3.8, 4) is 0 Å². The van der Waals surface area contributed by atoms with Gasteiger partial charge in [-0.1, -0.05) is 501 Å². The van der Waals surface area contributed by atoms with E-state index in [4.69, 9.17) is 0 Å². The Labute approximate surface area is 572 Å². The Kier molecular flexibility index (Phi) is 80.7. The molecule has 0 N–H and O–H groups in total. The van der Waals surface area contributed by atoms with Gasteiger partial charge >= 0.3 is 0 Å². The lowest BCUT2D eigenvalue weighted by atomic mass is 9.87. The highest BCUT2D eigenvalue weighted by atomic mass is 14.2. The Morgan fingerprint density at radius 2 is 0.344 bits per heavy atom. The minimum Gasteiger partial charge on any atom is -0.0879 e. The fourth-order valence-electron chi connectivity index (χ4n) is 14.1. The summed E-state index contributed by atoms with van der Waals surface area (Å²) in [4.78, 5) is 0. The van der Waals surface area contributed by atoms with Gasteiger partial charge in [-0.05, 0) is 68.9 Å². The molecule has 0 spiro atoms. The van der Waals surface area contributed by atoms with Crippen molar-refractivity contribution in [2.75, 3.05) is 0 Å². The second kappa shape index (κ2) is 81.9. The third-order valence-electron chi connectivity index (χ3n) is 20.5. The Bertz CT molecular complexity index is 1440. The Hall–Kier alpha value is -1.30.